The first-order chi connectivity index (χ1) is 6.36. The molecule has 0 unspecified atom stereocenters. The van der Waals surface area contributed by atoms with Crippen molar-refractivity contribution in [2.24, 2.45) is 0 Å². The molecule has 1 heterocycles. The van der Waals surface area contributed by atoms with Crippen LogP contribution in [-0.4, -0.2) is 9.97 Å². The topological polar surface area (TPSA) is 25.8 Å². The molecule has 13 heavy (non-hydrogen) atoms. The Morgan fingerprint density at radius 1 is 1.23 bits per heavy atom. The van der Waals surface area contributed by atoms with Gasteiger partial charge in [0.2, 0.25) is 0 Å². The Bertz CT molecular complexity index is 333. The summed E-state index contributed by atoms with van der Waals surface area (Å²) in [6.07, 6.45) is 10.4. The van der Waals surface area contributed by atoms with Gasteiger partial charge in [0.1, 0.15) is 5.15 Å². The molecule has 0 bridgehead atoms. The molecule has 0 aliphatic heterocycles. The number of aromatic nitrogens is 2. The van der Waals surface area contributed by atoms with Gasteiger partial charge >= 0.3 is 0 Å². The molecular weight excluding hydrogens is 184 g/mol. The molecule has 0 atom stereocenters. The summed E-state index contributed by atoms with van der Waals surface area (Å²) in [5.41, 5.74) is 2.23. The second-order valence-electron chi connectivity index (χ2n) is 3.20. The van der Waals surface area contributed by atoms with Gasteiger partial charge in [-0.3, -0.25) is 4.98 Å². The first-order valence-electron chi connectivity index (χ1n) is 4.53. The standard InChI is InChI=1S/C10H11ClN2/c11-10-7-12-6-9(13-10)8-4-2-1-3-5-8/h4,6-7H,1-3,5H2. The first-order valence-corrected chi connectivity index (χ1v) is 4.91. The second-order valence-corrected chi connectivity index (χ2v) is 3.59. The summed E-state index contributed by atoms with van der Waals surface area (Å²) >= 11 is 5.76. The molecule has 68 valence electrons. The largest absolute Gasteiger partial charge is 0.259 e. The normalized spacial score (nSPS) is 16.8. The van der Waals surface area contributed by atoms with Crippen LogP contribution in [0.15, 0.2) is 18.5 Å². The van der Waals surface area contributed by atoms with Crippen molar-refractivity contribution in [3.8, 4) is 0 Å². The van der Waals surface area contributed by atoms with Crippen molar-refractivity contribution in [2.45, 2.75) is 25.7 Å². The maximum Gasteiger partial charge on any atom is 0.148 e. The first kappa shape index (κ1) is 8.70. The fourth-order valence-electron chi connectivity index (χ4n) is 1.57. The molecule has 1 aromatic rings. The van der Waals surface area contributed by atoms with Gasteiger partial charge in [0.05, 0.1) is 18.1 Å². The highest BCUT2D eigenvalue weighted by Gasteiger charge is 2.07. The molecule has 2 nitrogen and oxygen atoms in total. The van der Waals surface area contributed by atoms with Crippen molar-refractivity contribution in [1.29, 1.82) is 0 Å². The highest BCUT2D eigenvalue weighted by atomic mass is 35.5. The summed E-state index contributed by atoms with van der Waals surface area (Å²) in [6.45, 7) is 0. The lowest BCUT2D eigenvalue weighted by Gasteiger charge is -2.11. The smallest absolute Gasteiger partial charge is 0.148 e. The Morgan fingerprint density at radius 2 is 2.15 bits per heavy atom. The van der Waals surface area contributed by atoms with Gasteiger partial charge in [0.25, 0.3) is 0 Å². The van der Waals surface area contributed by atoms with Crippen molar-refractivity contribution < 1.29 is 0 Å². The number of allylic oxidation sites excluding steroid dienone is 2. The summed E-state index contributed by atoms with van der Waals surface area (Å²) in [4.78, 5) is 8.26. The van der Waals surface area contributed by atoms with E-state index >= 15 is 0 Å². The molecule has 1 aliphatic rings. The lowest BCUT2D eigenvalue weighted by Crippen LogP contribution is -1.95. The van der Waals surface area contributed by atoms with Gasteiger partial charge in [-0.1, -0.05) is 17.7 Å². The van der Waals surface area contributed by atoms with Gasteiger partial charge < -0.3 is 0 Å². The molecule has 0 radical (unpaired) electrons. The van der Waals surface area contributed by atoms with Gasteiger partial charge in [0, 0.05) is 0 Å². The van der Waals surface area contributed by atoms with Crippen molar-refractivity contribution in [3.05, 3.63) is 29.3 Å². The zero-order valence-corrected chi connectivity index (χ0v) is 8.09. The van der Waals surface area contributed by atoms with Crippen LogP contribution in [0.1, 0.15) is 31.4 Å². The predicted molar refractivity (Wildman–Crippen MR) is 53.5 cm³/mol. The minimum absolute atomic E-state index is 0.476. The molecule has 3 heteroatoms. The molecule has 1 aliphatic carbocycles. The Balaban J connectivity index is 2.29. The highest BCUT2D eigenvalue weighted by molar-refractivity contribution is 6.29. The lowest BCUT2D eigenvalue weighted by atomic mass is 9.97. The molecule has 0 N–H and O–H groups in total. The van der Waals surface area contributed by atoms with Crippen LogP contribution in [0.4, 0.5) is 0 Å². The SMILES string of the molecule is Clc1cncc(C2=CCCCC2)n1. The van der Waals surface area contributed by atoms with Gasteiger partial charge in [-0.25, -0.2) is 4.98 Å². The molecule has 0 amide bonds. The Kier molecular flexibility index (Phi) is 2.60. The van der Waals surface area contributed by atoms with Crippen LogP contribution >= 0.6 is 11.6 Å². The maximum absolute atomic E-state index is 5.76. The van der Waals surface area contributed by atoms with Crippen LogP contribution in [0.2, 0.25) is 5.15 Å². The predicted octanol–water partition coefficient (Wildman–Crippen LogP) is 3.09. The van der Waals surface area contributed by atoms with E-state index in [9.17, 15) is 0 Å². The van der Waals surface area contributed by atoms with Gasteiger partial charge in [0.15, 0.2) is 0 Å². The van der Waals surface area contributed by atoms with Gasteiger partial charge in [-0.15, -0.1) is 0 Å². The minimum atomic E-state index is 0.476. The van der Waals surface area contributed by atoms with E-state index < -0.39 is 0 Å². The van der Waals surface area contributed by atoms with Crippen molar-refractivity contribution >= 4 is 17.2 Å². The Labute approximate surface area is 82.7 Å². The third kappa shape index (κ3) is 2.07. The number of hydrogen-bond donors (Lipinski definition) is 0. The summed E-state index contributed by atoms with van der Waals surface area (Å²) in [5, 5.41) is 0.476. The summed E-state index contributed by atoms with van der Waals surface area (Å²) in [5.74, 6) is 0. The van der Waals surface area contributed by atoms with E-state index in [-0.39, 0.29) is 0 Å². The van der Waals surface area contributed by atoms with E-state index in [0.717, 1.165) is 18.5 Å². The molecular formula is C10H11ClN2. The zero-order valence-electron chi connectivity index (χ0n) is 7.33. The molecule has 0 saturated carbocycles. The summed E-state index contributed by atoms with van der Waals surface area (Å²) in [6, 6.07) is 0. The van der Waals surface area contributed by atoms with Crippen LogP contribution in [0.3, 0.4) is 0 Å². The van der Waals surface area contributed by atoms with Crippen molar-refractivity contribution in [3.63, 3.8) is 0 Å². The van der Waals surface area contributed by atoms with E-state index in [1.165, 1.54) is 18.4 Å². The quantitative estimate of drug-likeness (QED) is 0.687. The zero-order chi connectivity index (χ0) is 9.10. The van der Waals surface area contributed by atoms with Crippen LogP contribution in [0.25, 0.3) is 5.57 Å². The summed E-state index contributed by atoms with van der Waals surface area (Å²) < 4.78 is 0. The molecule has 0 fully saturated rings. The van der Waals surface area contributed by atoms with E-state index in [0.29, 0.717) is 5.15 Å². The van der Waals surface area contributed by atoms with Crippen LogP contribution in [-0.2, 0) is 0 Å². The molecule has 0 aromatic carbocycles. The van der Waals surface area contributed by atoms with Crippen molar-refractivity contribution in [1.82, 2.24) is 9.97 Å². The maximum atomic E-state index is 5.76. The Morgan fingerprint density at radius 3 is 2.85 bits per heavy atom. The molecule has 2 rings (SSSR count). The van der Waals surface area contributed by atoms with E-state index in [4.69, 9.17) is 11.6 Å². The third-order valence-corrected chi connectivity index (χ3v) is 2.41. The third-order valence-electron chi connectivity index (χ3n) is 2.23. The van der Waals surface area contributed by atoms with Crippen molar-refractivity contribution in [2.75, 3.05) is 0 Å². The average Bonchev–Trinajstić information content (AvgIpc) is 2.19. The number of hydrogen-bond acceptors (Lipinski definition) is 2. The number of halogens is 1. The van der Waals surface area contributed by atoms with E-state index in [1.54, 1.807) is 12.4 Å². The van der Waals surface area contributed by atoms with Gasteiger partial charge in [-0.2, -0.15) is 0 Å². The molecule has 0 saturated heterocycles. The molecule has 0 spiro atoms. The monoisotopic (exact) mass is 194 g/mol. The average molecular weight is 195 g/mol. The van der Waals surface area contributed by atoms with Gasteiger partial charge in [-0.05, 0) is 31.3 Å². The van der Waals surface area contributed by atoms with E-state index in [1.807, 2.05) is 0 Å². The highest BCUT2D eigenvalue weighted by Crippen LogP contribution is 2.25. The lowest BCUT2D eigenvalue weighted by molar-refractivity contribution is 0.739. The number of nitrogens with zero attached hydrogens (tertiary/aromatic N) is 2. The molecule has 1 aromatic heterocycles. The minimum Gasteiger partial charge on any atom is -0.259 e. The number of rotatable bonds is 1. The Hall–Kier alpha value is -0.890. The fourth-order valence-corrected chi connectivity index (χ4v) is 1.72. The van der Waals surface area contributed by atoms with E-state index in [2.05, 4.69) is 16.0 Å². The van der Waals surface area contributed by atoms with Crippen LogP contribution < -0.4 is 0 Å². The van der Waals surface area contributed by atoms with Crippen LogP contribution in [0.5, 0.6) is 0 Å². The fraction of sp³-hybridized carbons (Fsp3) is 0.400. The second kappa shape index (κ2) is 3.88. The van der Waals surface area contributed by atoms with Crippen LogP contribution in [0, 0.1) is 0 Å². The summed E-state index contributed by atoms with van der Waals surface area (Å²) in [7, 11) is 0.